The van der Waals surface area contributed by atoms with Crippen LogP contribution in [0.2, 0.25) is 0 Å². The van der Waals surface area contributed by atoms with Crippen LogP contribution in [0, 0.1) is 13.8 Å². The number of nitrogens with one attached hydrogen (secondary N) is 2. The summed E-state index contributed by atoms with van der Waals surface area (Å²) in [6, 6.07) is 10.4. The Morgan fingerprint density at radius 3 is 2.73 bits per heavy atom. The highest BCUT2D eigenvalue weighted by Gasteiger charge is 2.07. The van der Waals surface area contributed by atoms with E-state index in [9.17, 15) is 0 Å². The SMILES string of the molecule is CCNC(=NCc1ccc(C)cc1OCCOCC)NCCc1cn2cccc(C)c2n1.I. The first-order valence-corrected chi connectivity index (χ1v) is 11.4. The summed E-state index contributed by atoms with van der Waals surface area (Å²) < 4.78 is 13.4. The Hall–Kier alpha value is -2.33. The maximum absolute atomic E-state index is 5.94. The molecule has 0 aliphatic carbocycles. The molecule has 0 radical (unpaired) electrons. The number of rotatable bonds is 11. The summed E-state index contributed by atoms with van der Waals surface area (Å²) in [6.07, 6.45) is 4.95. The Balaban J connectivity index is 0.00000385. The number of nitrogens with zero attached hydrogens (tertiary/aromatic N) is 3. The summed E-state index contributed by atoms with van der Waals surface area (Å²) in [7, 11) is 0. The third-order valence-electron chi connectivity index (χ3n) is 5.07. The molecular weight excluding hydrogens is 529 g/mol. The first kappa shape index (κ1) is 26.9. The summed E-state index contributed by atoms with van der Waals surface area (Å²) in [5.74, 6) is 1.65. The molecule has 2 aromatic heterocycles. The van der Waals surface area contributed by atoms with Gasteiger partial charge in [0.15, 0.2) is 5.96 Å². The highest BCUT2D eigenvalue weighted by molar-refractivity contribution is 14.0. The van der Waals surface area contributed by atoms with Crippen LogP contribution in [0.3, 0.4) is 0 Å². The Morgan fingerprint density at radius 1 is 1.12 bits per heavy atom. The van der Waals surface area contributed by atoms with Crippen molar-refractivity contribution in [2.24, 2.45) is 4.99 Å². The molecule has 0 saturated carbocycles. The standard InChI is InChI=1S/C25H35N5O2.HI/c1-5-26-25(27-12-11-22-18-30-13-7-8-20(4)24(30)29-22)28-17-21-10-9-19(3)16-23(21)32-15-14-31-6-2;/h7-10,13,16,18H,5-6,11-12,14-15,17H2,1-4H3,(H2,26,27,28);1H. The summed E-state index contributed by atoms with van der Waals surface area (Å²) in [5.41, 5.74) is 5.47. The van der Waals surface area contributed by atoms with E-state index in [1.54, 1.807) is 0 Å². The number of halogens is 1. The van der Waals surface area contributed by atoms with E-state index in [2.05, 4.69) is 66.3 Å². The van der Waals surface area contributed by atoms with Crippen molar-refractivity contribution < 1.29 is 9.47 Å². The van der Waals surface area contributed by atoms with Crippen molar-refractivity contribution in [1.82, 2.24) is 20.0 Å². The smallest absolute Gasteiger partial charge is 0.191 e. The Labute approximate surface area is 214 Å². The van der Waals surface area contributed by atoms with Crippen molar-refractivity contribution in [3.63, 3.8) is 0 Å². The van der Waals surface area contributed by atoms with Crippen LogP contribution in [-0.2, 0) is 17.7 Å². The number of hydrogen-bond acceptors (Lipinski definition) is 4. The predicted molar refractivity (Wildman–Crippen MR) is 145 cm³/mol. The van der Waals surface area contributed by atoms with Crippen molar-refractivity contribution in [1.29, 1.82) is 0 Å². The number of guanidine groups is 1. The lowest BCUT2D eigenvalue weighted by atomic mass is 10.1. The van der Waals surface area contributed by atoms with Gasteiger partial charge in [0.2, 0.25) is 0 Å². The molecule has 3 aromatic rings. The maximum atomic E-state index is 5.94. The first-order valence-electron chi connectivity index (χ1n) is 11.4. The molecule has 0 bridgehead atoms. The molecule has 0 unspecified atom stereocenters. The molecule has 7 nitrogen and oxygen atoms in total. The average Bonchev–Trinajstić information content (AvgIpc) is 3.20. The normalized spacial score (nSPS) is 11.3. The number of imidazole rings is 1. The van der Waals surface area contributed by atoms with Crippen molar-refractivity contribution in [2.45, 2.75) is 40.7 Å². The second-order valence-electron chi connectivity index (χ2n) is 7.68. The van der Waals surface area contributed by atoms with Gasteiger partial charge in [-0.15, -0.1) is 24.0 Å². The zero-order valence-electron chi connectivity index (χ0n) is 20.1. The topological polar surface area (TPSA) is 72.2 Å². The Bertz CT molecular complexity index is 1030. The summed E-state index contributed by atoms with van der Waals surface area (Å²) in [4.78, 5) is 9.51. The number of aromatic nitrogens is 2. The van der Waals surface area contributed by atoms with Crippen molar-refractivity contribution >= 4 is 35.6 Å². The van der Waals surface area contributed by atoms with E-state index in [0.717, 1.165) is 53.7 Å². The van der Waals surface area contributed by atoms with Gasteiger partial charge in [0.25, 0.3) is 0 Å². The van der Waals surface area contributed by atoms with Crippen LogP contribution in [0.4, 0.5) is 0 Å². The molecule has 0 atom stereocenters. The fourth-order valence-corrected chi connectivity index (χ4v) is 3.42. The van der Waals surface area contributed by atoms with Gasteiger partial charge in [0.1, 0.15) is 18.0 Å². The second kappa shape index (κ2) is 14.0. The number of ether oxygens (including phenoxy) is 2. The molecule has 3 rings (SSSR count). The molecule has 1 aromatic carbocycles. The van der Waals surface area contributed by atoms with Gasteiger partial charge in [0, 0.05) is 44.1 Å². The monoisotopic (exact) mass is 565 g/mol. The molecule has 0 aliphatic heterocycles. The number of fused-ring (bicyclic) bond motifs is 1. The molecule has 0 amide bonds. The van der Waals surface area contributed by atoms with Crippen LogP contribution in [-0.4, -0.2) is 48.3 Å². The van der Waals surface area contributed by atoms with Crippen LogP contribution in [0.5, 0.6) is 5.75 Å². The van der Waals surface area contributed by atoms with Gasteiger partial charge in [-0.1, -0.05) is 18.2 Å². The largest absolute Gasteiger partial charge is 0.491 e. The molecule has 0 saturated heterocycles. The van der Waals surface area contributed by atoms with E-state index < -0.39 is 0 Å². The fourth-order valence-electron chi connectivity index (χ4n) is 3.42. The van der Waals surface area contributed by atoms with Gasteiger partial charge in [-0.05, 0) is 51.0 Å². The predicted octanol–water partition coefficient (Wildman–Crippen LogP) is 4.28. The van der Waals surface area contributed by atoms with Crippen LogP contribution < -0.4 is 15.4 Å². The van der Waals surface area contributed by atoms with Gasteiger partial charge in [-0.3, -0.25) is 0 Å². The molecule has 33 heavy (non-hydrogen) atoms. The van der Waals surface area contributed by atoms with E-state index >= 15 is 0 Å². The zero-order chi connectivity index (χ0) is 22.8. The van der Waals surface area contributed by atoms with Crippen LogP contribution in [0.1, 0.15) is 36.2 Å². The lowest BCUT2D eigenvalue weighted by molar-refractivity contribution is 0.110. The summed E-state index contributed by atoms with van der Waals surface area (Å²) in [6.45, 7) is 12.1. The first-order chi connectivity index (χ1) is 15.6. The Kier molecular flexibility index (Phi) is 11.5. The second-order valence-corrected chi connectivity index (χ2v) is 7.68. The van der Waals surface area contributed by atoms with Gasteiger partial charge in [-0.2, -0.15) is 0 Å². The zero-order valence-corrected chi connectivity index (χ0v) is 22.4. The number of hydrogen-bond donors (Lipinski definition) is 2. The lowest BCUT2D eigenvalue weighted by Crippen LogP contribution is -2.38. The Morgan fingerprint density at radius 2 is 1.97 bits per heavy atom. The van der Waals surface area contributed by atoms with Crippen molar-refractivity contribution in [2.75, 3.05) is 32.9 Å². The van der Waals surface area contributed by atoms with Gasteiger partial charge < -0.3 is 24.5 Å². The minimum atomic E-state index is 0. The van der Waals surface area contributed by atoms with Crippen LogP contribution in [0.15, 0.2) is 47.7 Å². The third-order valence-corrected chi connectivity index (χ3v) is 5.07. The minimum absolute atomic E-state index is 0. The number of aryl methyl sites for hydroxylation is 2. The molecule has 180 valence electrons. The average molecular weight is 566 g/mol. The third kappa shape index (κ3) is 8.19. The molecule has 0 aliphatic rings. The van der Waals surface area contributed by atoms with Crippen molar-refractivity contribution in [3.8, 4) is 5.75 Å². The summed E-state index contributed by atoms with van der Waals surface area (Å²) in [5, 5.41) is 6.74. The maximum Gasteiger partial charge on any atom is 0.191 e. The number of benzene rings is 1. The molecule has 0 spiro atoms. The fraction of sp³-hybridized carbons (Fsp3) is 0.440. The highest BCUT2D eigenvalue weighted by atomic mass is 127. The van der Waals surface area contributed by atoms with Gasteiger partial charge in [-0.25, -0.2) is 9.98 Å². The molecular formula is C25H36IN5O2. The molecule has 2 N–H and O–H groups in total. The van der Waals surface area contributed by atoms with Crippen LogP contribution in [0.25, 0.3) is 5.65 Å². The lowest BCUT2D eigenvalue weighted by Gasteiger charge is -2.13. The molecule has 8 heteroatoms. The van der Waals surface area contributed by atoms with E-state index in [4.69, 9.17) is 19.5 Å². The quantitative estimate of drug-likeness (QED) is 0.157. The molecule has 0 fully saturated rings. The minimum Gasteiger partial charge on any atom is -0.491 e. The van der Waals surface area contributed by atoms with Gasteiger partial charge in [0.05, 0.1) is 18.8 Å². The van der Waals surface area contributed by atoms with E-state index in [1.807, 2.05) is 19.2 Å². The summed E-state index contributed by atoms with van der Waals surface area (Å²) >= 11 is 0. The van der Waals surface area contributed by atoms with Gasteiger partial charge >= 0.3 is 0 Å². The number of pyridine rings is 1. The van der Waals surface area contributed by atoms with E-state index in [1.165, 1.54) is 5.56 Å². The highest BCUT2D eigenvalue weighted by Crippen LogP contribution is 2.21. The number of aliphatic imine (C=N–C) groups is 1. The van der Waals surface area contributed by atoms with E-state index in [-0.39, 0.29) is 24.0 Å². The van der Waals surface area contributed by atoms with E-state index in [0.29, 0.717) is 26.4 Å². The van der Waals surface area contributed by atoms with Crippen molar-refractivity contribution in [3.05, 3.63) is 65.1 Å². The molecule has 2 heterocycles. The van der Waals surface area contributed by atoms with Crippen LogP contribution >= 0.6 is 24.0 Å².